The van der Waals surface area contributed by atoms with Gasteiger partial charge in [0, 0.05) is 11.4 Å². The molecule has 5 nitrogen and oxygen atoms in total. The monoisotopic (exact) mass is 401 g/mol. The maximum Gasteiger partial charge on any atom is 0.412 e. The van der Waals surface area contributed by atoms with E-state index < -0.39 is 21.2 Å². The molecule has 2 aromatic carbocycles. The zero-order valence-electron chi connectivity index (χ0n) is 14.7. The fourth-order valence-electron chi connectivity index (χ4n) is 2.54. The van der Waals surface area contributed by atoms with Gasteiger partial charge in [-0.15, -0.1) is 11.3 Å². The van der Waals surface area contributed by atoms with Crippen LogP contribution in [0.25, 0.3) is 0 Å². The number of hydrogen-bond acceptors (Lipinski definition) is 5. The van der Waals surface area contributed by atoms with Crippen LogP contribution in [-0.4, -0.2) is 21.1 Å². The van der Waals surface area contributed by atoms with E-state index in [-0.39, 0.29) is 11.4 Å². The minimum absolute atomic E-state index is 0.0810. The highest BCUT2D eigenvalue weighted by Crippen LogP contribution is 2.31. The summed E-state index contributed by atoms with van der Waals surface area (Å²) in [5.41, 5.74) is 0.978. The summed E-state index contributed by atoms with van der Waals surface area (Å²) in [6, 6.07) is 18.9. The lowest BCUT2D eigenvalue weighted by Gasteiger charge is -2.17. The first-order chi connectivity index (χ1) is 13.0. The lowest BCUT2D eigenvalue weighted by Crippen LogP contribution is -2.33. The van der Waals surface area contributed by atoms with Gasteiger partial charge in [-0.3, -0.25) is 0 Å². The third-order valence-corrected chi connectivity index (χ3v) is 7.20. The number of amides is 1. The van der Waals surface area contributed by atoms with Gasteiger partial charge in [-0.05, 0) is 42.6 Å². The van der Waals surface area contributed by atoms with E-state index in [1.54, 1.807) is 60.7 Å². The van der Waals surface area contributed by atoms with Gasteiger partial charge in [0.1, 0.15) is 11.0 Å². The molecular weight excluding hydrogens is 382 g/mol. The number of benzene rings is 2. The van der Waals surface area contributed by atoms with E-state index >= 15 is 0 Å². The van der Waals surface area contributed by atoms with Crippen molar-refractivity contribution in [2.45, 2.75) is 17.1 Å². The van der Waals surface area contributed by atoms with E-state index in [1.807, 2.05) is 18.4 Å². The first-order valence-corrected chi connectivity index (χ1v) is 10.7. The van der Waals surface area contributed by atoms with Crippen molar-refractivity contribution in [3.8, 4) is 5.75 Å². The minimum atomic E-state index is -3.67. The van der Waals surface area contributed by atoms with E-state index in [1.165, 1.54) is 11.3 Å². The van der Waals surface area contributed by atoms with Gasteiger partial charge in [-0.1, -0.05) is 42.0 Å². The number of sulfone groups is 1. The predicted molar refractivity (Wildman–Crippen MR) is 106 cm³/mol. The number of nitrogens with one attached hydrogen (secondary N) is 1. The fourth-order valence-corrected chi connectivity index (χ4v) is 5.32. The van der Waals surface area contributed by atoms with Crippen LogP contribution in [0, 0.1) is 6.92 Å². The molecule has 3 rings (SSSR count). The highest BCUT2D eigenvalue weighted by Gasteiger charge is 2.30. The molecule has 0 saturated carbocycles. The Morgan fingerprint density at radius 3 is 2.37 bits per heavy atom. The lowest BCUT2D eigenvalue weighted by molar-refractivity contribution is 0.200. The van der Waals surface area contributed by atoms with Gasteiger partial charge in [0.2, 0.25) is 0 Å². The Morgan fingerprint density at radius 1 is 1.04 bits per heavy atom. The quantitative estimate of drug-likeness (QED) is 0.666. The standard InChI is InChI=1S/C20H19NO4S2/c1-15-9-11-17(12-10-15)27(23,24)19(18-8-5-13-26-18)14-21-20(22)25-16-6-3-2-4-7-16/h2-13,19H,14H2,1H3,(H,21,22)/t19-/m0/s1. The molecule has 0 aliphatic carbocycles. The fraction of sp³-hybridized carbons (Fsp3) is 0.150. The molecule has 0 spiro atoms. The number of thiophene rings is 1. The molecule has 0 bridgehead atoms. The molecule has 0 aliphatic heterocycles. The Hall–Kier alpha value is -2.64. The van der Waals surface area contributed by atoms with Crippen molar-refractivity contribution in [1.82, 2.24) is 5.32 Å². The van der Waals surface area contributed by atoms with Gasteiger partial charge in [0.05, 0.1) is 4.90 Å². The third-order valence-electron chi connectivity index (χ3n) is 3.97. The van der Waals surface area contributed by atoms with Gasteiger partial charge in [0.15, 0.2) is 9.84 Å². The van der Waals surface area contributed by atoms with Gasteiger partial charge in [0.25, 0.3) is 0 Å². The molecule has 0 fully saturated rings. The van der Waals surface area contributed by atoms with Crippen LogP contribution in [0.1, 0.15) is 15.7 Å². The summed E-state index contributed by atoms with van der Waals surface area (Å²) in [6.07, 6.45) is -0.693. The van der Waals surface area contributed by atoms with Crippen LogP contribution in [0.5, 0.6) is 5.75 Å². The Kier molecular flexibility index (Phi) is 5.93. The summed E-state index contributed by atoms with van der Waals surface area (Å²) >= 11 is 1.34. The van der Waals surface area contributed by atoms with Crippen molar-refractivity contribution in [3.63, 3.8) is 0 Å². The Balaban J connectivity index is 1.78. The van der Waals surface area contributed by atoms with Crippen molar-refractivity contribution >= 4 is 27.3 Å². The van der Waals surface area contributed by atoms with Gasteiger partial charge < -0.3 is 10.1 Å². The molecule has 0 saturated heterocycles. The highest BCUT2D eigenvalue weighted by molar-refractivity contribution is 7.91. The number of aryl methyl sites for hydroxylation is 1. The smallest absolute Gasteiger partial charge is 0.410 e. The molecule has 1 atom stereocenters. The van der Waals surface area contributed by atoms with Crippen molar-refractivity contribution in [2.75, 3.05) is 6.54 Å². The van der Waals surface area contributed by atoms with Crippen molar-refractivity contribution in [1.29, 1.82) is 0 Å². The van der Waals surface area contributed by atoms with Crippen LogP contribution in [0.2, 0.25) is 0 Å². The van der Waals surface area contributed by atoms with Crippen LogP contribution < -0.4 is 10.1 Å². The average Bonchev–Trinajstić information content (AvgIpc) is 3.17. The number of carbonyl (C=O) groups excluding carboxylic acids is 1. The number of ether oxygens (including phenoxy) is 1. The maximum absolute atomic E-state index is 13.1. The molecule has 1 N–H and O–H groups in total. The normalized spacial score (nSPS) is 12.3. The molecule has 140 valence electrons. The molecule has 27 heavy (non-hydrogen) atoms. The Morgan fingerprint density at radius 2 is 1.74 bits per heavy atom. The zero-order chi connectivity index (χ0) is 19.3. The van der Waals surface area contributed by atoms with Crippen molar-refractivity contribution in [2.24, 2.45) is 0 Å². The molecule has 0 radical (unpaired) electrons. The second kappa shape index (κ2) is 8.37. The third kappa shape index (κ3) is 4.75. The van der Waals surface area contributed by atoms with E-state index in [4.69, 9.17) is 4.74 Å². The average molecular weight is 402 g/mol. The van der Waals surface area contributed by atoms with Crippen molar-refractivity contribution < 1.29 is 17.9 Å². The molecule has 1 heterocycles. The van der Waals surface area contributed by atoms with E-state index in [2.05, 4.69) is 5.32 Å². The first kappa shape index (κ1) is 19.1. The Bertz CT molecular complexity index is 982. The molecule has 1 amide bonds. The summed E-state index contributed by atoms with van der Waals surface area (Å²) in [5.74, 6) is 0.393. The van der Waals surface area contributed by atoms with E-state index in [9.17, 15) is 13.2 Å². The zero-order valence-corrected chi connectivity index (χ0v) is 16.3. The van der Waals surface area contributed by atoms with Crippen molar-refractivity contribution in [3.05, 3.63) is 82.6 Å². The van der Waals surface area contributed by atoms with Gasteiger partial charge in [-0.2, -0.15) is 0 Å². The molecule has 3 aromatic rings. The van der Waals surface area contributed by atoms with Crippen LogP contribution in [0.4, 0.5) is 4.79 Å². The SMILES string of the molecule is Cc1ccc(S(=O)(=O)[C@@H](CNC(=O)Oc2ccccc2)c2cccs2)cc1. The number of para-hydroxylation sites is 1. The second-order valence-corrected chi connectivity index (χ2v) is 9.06. The molecule has 1 aromatic heterocycles. The molecule has 0 unspecified atom stereocenters. The maximum atomic E-state index is 13.1. The summed E-state index contributed by atoms with van der Waals surface area (Å²) in [4.78, 5) is 13.0. The van der Waals surface area contributed by atoms with E-state index in [0.29, 0.717) is 10.6 Å². The second-order valence-electron chi connectivity index (χ2n) is 5.95. The number of carbonyl (C=O) groups is 1. The van der Waals surface area contributed by atoms with Gasteiger partial charge in [-0.25, -0.2) is 13.2 Å². The topological polar surface area (TPSA) is 72.5 Å². The van der Waals surface area contributed by atoms with Gasteiger partial charge >= 0.3 is 6.09 Å². The van der Waals surface area contributed by atoms with Crippen LogP contribution in [-0.2, 0) is 9.84 Å². The van der Waals surface area contributed by atoms with Crippen LogP contribution >= 0.6 is 11.3 Å². The number of hydrogen-bond donors (Lipinski definition) is 1. The summed E-state index contributed by atoms with van der Waals surface area (Å²) in [7, 11) is -3.67. The summed E-state index contributed by atoms with van der Waals surface area (Å²) < 4.78 is 31.4. The lowest BCUT2D eigenvalue weighted by atomic mass is 10.2. The molecule has 7 heteroatoms. The Labute approximate surface area is 162 Å². The first-order valence-electron chi connectivity index (χ1n) is 8.31. The minimum Gasteiger partial charge on any atom is -0.410 e. The van der Waals surface area contributed by atoms with E-state index in [0.717, 1.165) is 5.56 Å². The van der Waals surface area contributed by atoms with Crippen LogP contribution in [0.15, 0.2) is 77.0 Å². The van der Waals surface area contributed by atoms with Crippen LogP contribution in [0.3, 0.4) is 0 Å². The predicted octanol–water partition coefficient (Wildman–Crippen LogP) is 4.36. The largest absolute Gasteiger partial charge is 0.412 e. The highest BCUT2D eigenvalue weighted by atomic mass is 32.2. The molecular formula is C20H19NO4S2. The molecule has 0 aliphatic rings. The summed E-state index contributed by atoms with van der Waals surface area (Å²) in [6.45, 7) is 1.82. The summed E-state index contributed by atoms with van der Waals surface area (Å²) in [5, 5.41) is 3.50. The number of rotatable bonds is 6.